The number of hydrogen-bond acceptors (Lipinski definition) is 7. The number of aromatic amines is 2. The zero-order chi connectivity index (χ0) is 29.9. The number of aryl methyl sites for hydroxylation is 1. The van der Waals surface area contributed by atoms with Crippen LogP contribution in [-0.2, 0) is 20.7 Å². The molecule has 6 rings (SSSR count). The Labute approximate surface area is 243 Å². The number of carbonyl (C=O) groups is 3. The second kappa shape index (κ2) is 10.2. The smallest absolute Gasteiger partial charge is 0.349 e. The number of hydrogen-bond donors (Lipinski definition) is 2. The number of ether oxygens (including phenoxy) is 2. The van der Waals surface area contributed by atoms with Crippen LogP contribution in [0, 0.1) is 6.92 Å². The van der Waals surface area contributed by atoms with Crippen LogP contribution in [0.4, 0.5) is 0 Å². The lowest BCUT2D eigenvalue weighted by molar-refractivity contribution is -0.140. The molecule has 2 N–H and O–H groups in total. The molecule has 0 saturated heterocycles. The van der Waals surface area contributed by atoms with Crippen molar-refractivity contribution in [2.45, 2.75) is 59.3 Å². The maximum atomic E-state index is 13.4. The molecule has 0 fully saturated rings. The van der Waals surface area contributed by atoms with Crippen molar-refractivity contribution in [3.63, 3.8) is 0 Å². The Balaban J connectivity index is 1.75. The first-order valence-electron chi connectivity index (χ1n) is 14.1. The van der Waals surface area contributed by atoms with E-state index < -0.39 is 11.9 Å². The van der Waals surface area contributed by atoms with E-state index >= 15 is 0 Å². The SMILES string of the molecule is C=CC1=C(C)c2cc3[nH]c(c4c5[nH]c(cc6nc(cc1n2)C(C)=C6CC)c(C)c5C(=O)OC4=O)[C@@H](CCC(=O)OC)C3. The number of rotatable bonds is 5. The van der Waals surface area contributed by atoms with Crippen LogP contribution in [0.3, 0.4) is 0 Å². The molecule has 0 aliphatic carbocycles. The summed E-state index contributed by atoms with van der Waals surface area (Å²) < 4.78 is 10.2. The van der Waals surface area contributed by atoms with Crippen molar-refractivity contribution >= 4 is 51.2 Å². The molecular weight excluding hydrogens is 532 g/mol. The third-order valence-corrected chi connectivity index (χ3v) is 8.61. The topological polar surface area (TPSA) is 127 Å². The molecule has 2 aromatic rings. The van der Waals surface area contributed by atoms with Crippen molar-refractivity contribution in [3.8, 4) is 0 Å². The maximum absolute atomic E-state index is 13.4. The normalized spacial score (nSPS) is 16.9. The summed E-state index contributed by atoms with van der Waals surface area (Å²) >= 11 is 0. The molecule has 0 spiro atoms. The molecule has 0 saturated carbocycles. The van der Waals surface area contributed by atoms with E-state index in [0.717, 1.165) is 57.2 Å². The Morgan fingerprint density at radius 1 is 1.02 bits per heavy atom. The highest BCUT2D eigenvalue weighted by Gasteiger charge is 2.35. The van der Waals surface area contributed by atoms with Crippen LogP contribution in [0.2, 0.25) is 0 Å². The lowest BCUT2D eigenvalue weighted by atomic mass is 9.92. The van der Waals surface area contributed by atoms with Gasteiger partial charge in [-0.15, -0.1) is 0 Å². The zero-order valence-electron chi connectivity index (χ0n) is 24.4. The van der Waals surface area contributed by atoms with Crippen LogP contribution in [0.15, 0.2) is 30.9 Å². The molecule has 9 nitrogen and oxygen atoms in total. The minimum absolute atomic E-state index is 0.174. The molecule has 0 unspecified atom stereocenters. The fourth-order valence-electron chi connectivity index (χ4n) is 6.31. The van der Waals surface area contributed by atoms with Crippen molar-refractivity contribution < 1.29 is 23.9 Å². The van der Waals surface area contributed by atoms with E-state index in [-0.39, 0.29) is 23.9 Å². The highest BCUT2D eigenvalue weighted by Crippen LogP contribution is 2.39. The number of nitrogens with one attached hydrogen (secondary N) is 2. The predicted octanol–water partition coefficient (Wildman–Crippen LogP) is 6.39. The van der Waals surface area contributed by atoms with Crippen LogP contribution in [0.1, 0.15) is 106 Å². The van der Waals surface area contributed by atoms with E-state index in [9.17, 15) is 14.4 Å². The van der Waals surface area contributed by atoms with E-state index in [2.05, 4.69) is 30.4 Å². The van der Waals surface area contributed by atoms with Gasteiger partial charge < -0.3 is 19.4 Å². The molecule has 0 radical (unpaired) electrons. The van der Waals surface area contributed by atoms with Gasteiger partial charge in [-0.3, -0.25) is 4.79 Å². The van der Waals surface area contributed by atoms with E-state index in [0.29, 0.717) is 40.7 Å². The number of methoxy groups -OCH3 is 1. The van der Waals surface area contributed by atoms with Crippen LogP contribution in [0.5, 0.6) is 0 Å². The van der Waals surface area contributed by atoms with Crippen molar-refractivity contribution in [1.82, 2.24) is 19.9 Å². The lowest BCUT2D eigenvalue weighted by Crippen LogP contribution is -2.21. The van der Waals surface area contributed by atoms with Crippen LogP contribution < -0.4 is 0 Å². The molecule has 4 aliphatic heterocycles. The third-order valence-electron chi connectivity index (χ3n) is 8.61. The summed E-state index contributed by atoms with van der Waals surface area (Å²) in [6.07, 6.45) is 3.72. The summed E-state index contributed by atoms with van der Waals surface area (Å²) in [5.74, 6) is -1.99. The first-order valence-corrected chi connectivity index (χ1v) is 14.1. The van der Waals surface area contributed by atoms with Gasteiger partial charge in [0.25, 0.3) is 0 Å². The summed E-state index contributed by atoms with van der Waals surface area (Å²) in [4.78, 5) is 55.2. The van der Waals surface area contributed by atoms with Gasteiger partial charge in [0.2, 0.25) is 0 Å². The van der Waals surface area contributed by atoms with Gasteiger partial charge in [-0.25, -0.2) is 19.6 Å². The first-order chi connectivity index (χ1) is 20.1. The number of esters is 3. The number of cyclic esters (lactones) is 2. The van der Waals surface area contributed by atoms with Crippen molar-refractivity contribution in [3.05, 3.63) is 81.7 Å². The summed E-state index contributed by atoms with van der Waals surface area (Å²) in [5.41, 5.74) is 11.0. The quantitative estimate of drug-likeness (QED) is 0.318. The van der Waals surface area contributed by atoms with Crippen molar-refractivity contribution in [2.24, 2.45) is 0 Å². The summed E-state index contributed by atoms with van der Waals surface area (Å²) in [5, 5.41) is 0. The molecule has 0 aromatic carbocycles. The first kappa shape index (κ1) is 27.4. The molecular formula is C33H32N4O5. The second-order valence-corrected chi connectivity index (χ2v) is 10.9. The Morgan fingerprint density at radius 3 is 2.45 bits per heavy atom. The standard InChI is InChI=1S/C33H32N4O5/c1-7-20-15(3)22-12-19-11-18(9-10-27(38)41-6)30(34-19)29-31-28(32(39)42-33(29)40)17(5)24(37-31)14-26-21(8-2)16(4)23(36-26)13-25(20)35-22/h7,12-14,18,34,37H,1,8-11H2,2-6H3/t18-/m0/s1. The van der Waals surface area contributed by atoms with Gasteiger partial charge in [0.1, 0.15) is 5.56 Å². The highest BCUT2D eigenvalue weighted by atomic mass is 16.6. The molecule has 9 heteroatoms. The fourth-order valence-corrected chi connectivity index (χ4v) is 6.31. The van der Waals surface area contributed by atoms with Crippen molar-refractivity contribution in [2.75, 3.05) is 7.11 Å². The number of H-pyrrole nitrogens is 2. The minimum Gasteiger partial charge on any atom is -0.469 e. The number of fused-ring (bicyclic) bond motifs is 8. The Morgan fingerprint density at radius 2 is 1.74 bits per heavy atom. The van der Waals surface area contributed by atoms with E-state index in [4.69, 9.17) is 19.4 Å². The van der Waals surface area contributed by atoms with E-state index in [1.54, 1.807) is 0 Å². The number of aromatic nitrogens is 4. The molecule has 214 valence electrons. The summed E-state index contributed by atoms with van der Waals surface area (Å²) in [6, 6.07) is 5.89. The van der Waals surface area contributed by atoms with Gasteiger partial charge in [0, 0.05) is 34.8 Å². The van der Waals surface area contributed by atoms with Crippen LogP contribution in [-0.4, -0.2) is 45.0 Å². The van der Waals surface area contributed by atoms with Gasteiger partial charge in [0.15, 0.2) is 0 Å². The third kappa shape index (κ3) is 4.27. The Kier molecular flexibility index (Phi) is 6.68. The number of carbonyl (C=O) groups excluding carboxylic acids is 3. The van der Waals surface area contributed by atoms with Gasteiger partial charge in [-0.1, -0.05) is 19.6 Å². The monoisotopic (exact) mass is 564 g/mol. The van der Waals surface area contributed by atoms with Gasteiger partial charge >= 0.3 is 17.9 Å². The summed E-state index contributed by atoms with van der Waals surface area (Å²) in [7, 11) is 1.36. The average Bonchev–Trinajstić information content (AvgIpc) is 3.66. The molecule has 6 heterocycles. The predicted molar refractivity (Wildman–Crippen MR) is 160 cm³/mol. The fraction of sp³-hybridized carbons (Fsp3) is 0.303. The zero-order valence-corrected chi connectivity index (χ0v) is 24.4. The largest absolute Gasteiger partial charge is 0.469 e. The maximum Gasteiger partial charge on any atom is 0.349 e. The number of nitrogens with zero attached hydrogens (tertiary/aromatic N) is 2. The van der Waals surface area contributed by atoms with Gasteiger partial charge in [-0.05, 0) is 80.5 Å². The minimum atomic E-state index is -0.736. The average molecular weight is 565 g/mol. The van der Waals surface area contributed by atoms with Gasteiger partial charge in [-0.2, -0.15) is 0 Å². The Bertz CT molecular complexity index is 1870. The second-order valence-electron chi connectivity index (χ2n) is 10.9. The van der Waals surface area contributed by atoms with Crippen LogP contribution >= 0.6 is 0 Å². The molecule has 1 atom stereocenters. The molecule has 4 aliphatic rings. The molecule has 8 bridgehead atoms. The van der Waals surface area contributed by atoms with E-state index in [1.807, 2.05) is 38.1 Å². The molecule has 2 aromatic heterocycles. The molecule has 42 heavy (non-hydrogen) atoms. The molecule has 0 amide bonds. The Hall–Kier alpha value is -4.79. The lowest BCUT2D eigenvalue weighted by Gasteiger charge is -2.16. The van der Waals surface area contributed by atoms with Gasteiger partial charge in [0.05, 0.1) is 41.0 Å². The number of allylic oxidation sites excluding steroid dienone is 5. The van der Waals surface area contributed by atoms with E-state index in [1.165, 1.54) is 7.11 Å². The van der Waals surface area contributed by atoms with Crippen molar-refractivity contribution in [1.29, 1.82) is 0 Å². The summed E-state index contributed by atoms with van der Waals surface area (Å²) in [6.45, 7) is 12.0. The van der Waals surface area contributed by atoms with Crippen LogP contribution in [0.25, 0.3) is 33.3 Å². The highest BCUT2D eigenvalue weighted by molar-refractivity contribution is 6.18.